The van der Waals surface area contributed by atoms with Gasteiger partial charge < -0.3 is 10.6 Å². The number of amides is 2. The van der Waals surface area contributed by atoms with Crippen LogP contribution in [0.4, 0.5) is 14.5 Å². The van der Waals surface area contributed by atoms with E-state index in [-0.39, 0.29) is 23.4 Å². The highest BCUT2D eigenvalue weighted by Crippen LogP contribution is 2.14. The zero-order valence-corrected chi connectivity index (χ0v) is 12.0. The average molecular weight is 317 g/mol. The lowest BCUT2D eigenvalue weighted by Crippen LogP contribution is -2.24. The van der Waals surface area contributed by atoms with Gasteiger partial charge in [0, 0.05) is 30.7 Å². The van der Waals surface area contributed by atoms with Gasteiger partial charge in [0.2, 0.25) is 0 Å². The van der Waals surface area contributed by atoms with Crippen LogP contribution in [0.3, 0.4) is 0 Å². The lowest BCUT2D eigenvalue weighted by molar-refractivity contribution is 0.0957. The van der Waals surface area contributed by atoms with E-state index in [2.05, 4.69) is 22.2 Å². The second-order valence-corrected chi connectivity index (χ2v) is 4.54. The van der Waals surface area contributed by atoms with Crippen LogP contribution < -0.4 is 10.6 Å². The van der Waals surface area contributed by atoms with Gasteiger partial charge >= 0.3 is 0 Å². The van der Waals surface area contributed by atoms with Crippen molar-refractivity contribution in [2.75, 3.05) is 11.9 Å². The zero-order chi connectivity index (χ0) is 16.8. The van der Waals surface area contributed by atoms with Gasteiger partial charge in [-0.2, -0.15) is 0 Å². The van der Waals surface area contributed by atoms with Crippen LogP contribution in [0.15, 0.2) is 49.3 Å². The third kappa shape index (κ3) is 4.19. The minimum atomic E-state index is -1.07. The van der Waals surface area contributed by atoms with E-state index in [4.69, 9.17) is 0 Å². The maximum absolute atomic E-state index is 13.1. The van der Waals surface area contributed by atoms with Crippen molar-refractivity contribution in [1.29, 1.82) is 0 Å². The Morgan fingerprint density at radius 2 is 1.78 bits per heavy atom. The molecular formula is C16H13F2N3O2. The van der Waals surface area contributed by atoms with E-state index in [1.165, 1.54) is 30.6 Å². The van der Waals surface area contributed by atoms with Crippen molar-refractivity contribution in [2.24, 2.45) is 0 Å². The molecule has 1 aromatic carbocycles. The van der Waals surface area contributed by atoms with Crippen LogP contribution in [-0.4, -0.2) is 23.3 Å². The predicted molar refractivity (Wildman–Crippen MR) is 81.1 cm³/mol. The Morgan fingerprint density at radius 1 is 1.09 bits per heavy atom. The molecule has 1 heterocycles. The number of aromatic nitrogens is 1. The summed E-state index contributed by atoms with van der Waals surface area (Å²) in [7, 11) is 0. The average Bonchev–Trinajstić information content (AvgIpc) is 2.56. The van der Waals surface area contributed by atoms with E-state index in [1.807, 2.05) is 0 Å². The number of anilines is 1. The van der Waals surface area contributed by atoms with Crippen LogP contribution in [0.1, 0.15) is 20.7 Å². The van der Waals surface area contributed by atoms with Crippen LogP contribution in [-0.2, 0) is 0 Å². The summed E-state index contributed by atoms with van der Waals surface area (Å²) in [6.07, 6.45) is 4.09. The van der Waals surface area contributed by atoms with Crippen LogP contribution in [0.5, 0.6) is 0 Å². The summed E-state index contributed by atoms with van der Waals surface area (Å²) in [5, 5.41) is 4.96. The molecule has 7 heteroatoms. The molecule has 2 rings (SSSR count). The summed E-state index contributed by atoms with van der Waals surface area (Å²) in [6.45, 7) is 3.76. The van der Waals surface area contributed by atoms with Gasteiger partial charge in [-0.15, -0.1) is 6.58 Å². The number of rotatable bonds is 5. The molecule has 2 aromatic rings. The number of halogens is 2. The van der Waals surface area contributed by atoms with E-state index < -0.39 is 23.4 Å². The van der Waals surface area contributed by atoms with Crippen molar-refractivity contribution in [2.45, 2.75) is 0 Å². The highest BCUT2D eigenvalue weighted by molar-refractivity contribution is 6.05. The normalized spacial score (nSPS) is 10.0. The summed E-state index contributed by atoms with van der Waals surface area (Å²) < 4.78 is 26.0. The highest BCUT2D eigenvalue weighted by atomic mass is 19.2. The molecule has 0 aliphatic heterocycles. The Morgan fingerprint density at radius 3 is 2.43 bits per heavy atom. The summed E-state index contributed by atoms with van der Waals surface area (Å²) in [4.78, 5) is 27.7. The van der Waals surface area contributed by atoms with Gasteiger partial charge in [-0.05, 0) is 18.2 Å². The molecule has 0 atom stereocenters. The third-order valence-electron chi connectivity index (χ3n) is 2.85. The van der Waals surface area contributed by atoms with Crippen molar-refractivity contribution >= 4 is 17.5 Å². The van der Waals surface area contributed by atoms with Crippen molar-refractivity contribution in [1.82, 2.24) is 10.3 Å². The first-order chi connectivity index (χ1) is 11.0. The molecule has 1 aromatic heterocycles. The van der Waals surface area contributed by atoms with Crippen LogP contribution in [0.2, 0.25) is 0 Å². The molecular weight excluding hydrogens is 304 g/mol. The van der Waals surface area contributed by atoms with Gasteiger partial charge in [-0.3, -0.25) is 14.6 Å². The molecule has 23 heavy (non-hydrogen) atoms. The largest absolute Gasteiger partial charge is 0.349 e. The van der Waals surface area contributed by atoms with Crippen molar-refractivity contribution in [3.8, 4) is 0 Å². The van der Waals surface area contributed by atoms with Gasteiger partial charge in [-0.1, -0.05) is 6.08 Å². The fourth-order valence-electron chi connectivity index (χ4n) is 1.73. The van der Waals surface area contributed by atoms with Gasteiger partial charge in [0.05, 0.1) is 11.1 Å². The number of nitrogens with zero attached hydrogens (tertiary/aromatic N) is 1. The van der Waals surface area contributed by atoms with Crippen molar-refractivity contribution in [3.63, 3.8) is 0 Å². The van der Waals surface area contributed by atoms with E-state index in [9.17, 15) is 18.4 Å². The summed E-state index contributed by atoms with van der Waals surface area (Å²) >= 11 is 0. The zero-order valence-electron chi connectivity index (χ0n) is 12.0. The molecule has 2 N–H and O–H groups in total. The second kappa shape index (κ2) is 7.26. The molecule has 0 saturated carbocycles. The monoisotopic (exact) mass is 317 g/mol. The number of hydrogen-bond acceptors (Lipinski definition) is 3. The molecule has 0 unspecified atom stereocenters. The molecule has 0 aliphatic rings. The Bertz CT molecular complexity index is 763. The van der Waals surface area contributed by atoms with E-state index in [1.54, 1.807) is 0 Å². The molecule has 0 fully saturated rings. The lowest BCUT2D eigenvalue weighted by atomic mass is 10.2. The first-order valence-electron chi connectivity index (χ1n) is 6.62. The number of pyridine rings is 1. The topological polar surface area (TPSA) is 71.1 Å². The number of carbonyl (C=O) groups is 2. The van der Waals surface area contributed by atoms with Gasteiger partial charge in [-0.25, -0.2) is 8.78 Å². The molecule has 5 nitrogen and oxygen atoms in total. The maximum atomic E-state index is 13.1. The molecule has 0 spiro atoms. The lowest BCUT2D eigenvalue weighted by Gasteiger charge is -2.07. The predicted octanol–water partition coefficient (Wildman–Crippen LogP) is 2.53. The molecule has 0 bridgehead atoms. The molecule has 0 saturated heterocycles. The minimum Gasteiger partial charge on any atom is -0.349 e. The first kappa shape index (κ1) is 16.3. The number of nitrogens with one attached hydrogen (secondary N) is 2. The van der Waals surface area contributed by atoms with Crippen LogP contribution in [0, 0.1) is 11.6 Å². The molecule has 0 aliphatic carbocycles. The molecule has 0 radical (unpaired) electrons. The van der Waals surface area contributed by atoms with Crippen LogP contribution >= 0.6 is 0 Å². The third-order valence-corrected chi connectivity index (χ3v) is 2.85. The van der Waals surface area contributed by atoms with Gasteiger partial charge in [0.25, 0.3) is 11.8 Å². The maximum Gasteiger partial charge on any atom is 0.257 e. The van der Waals surface area contributed by atoms with E-state index in [0.717, 1.165) is 12.1 Å². The minimum absolute atomic E-state index is 0.0930. The van der Waals surface area contributed by atoms with Gasteiger partial charge in [0.15, 0.2) is 11.6 Å². The SMILES string of the molecule is C=CCNC(=O)c1cncc(C(=O)Nc2ccc(F)c(F)c2)c1. The molecule has 118 valence electrons. The fraction of sp³-hybridized carbons (Fsp3) is 0.0625. The fourth-order valence-corrected chi connectivity index (χ4v) is 1.73. The molecule has 2 amide bonds. The summed E-state index contributed by atoms with van der Waals surface area (Å²) in [5.74, 6) is -3.08. The quantitative estimate of drug-likeness (QED) is 0.833. The first-order valence-corrected chi connectivity index (χ1v) is 6.62. The highest BCUT2D eigenvalue weighted by Gasteiger charge is 2.12. The number of benzene rings is 1. The Kier molecular flexibility index (Phi) is 5.14. The van der Waals surface area contributed by atoms with E-state index >= 15 is 0 Å². The Balaban J connectivity index is 2.14. The second-order valence-electron chi connectivity index (χ2n) is 4.54. The Hall–Kier alpha value is -3.09. The summed E-state index contributed by atoms with van der Waals surface area (Å²) in [6, 6.07) is 4.34. The van der Waals surface area contributed by atoms with Crippen LogP contribution in [0.25, 0.3) is 0 Å². The van der Waals surface area contributed by atoms with Crippen molar-refractivity contribution in [3.05, 3.63) is 72.1 Å². The smallest absolute Gasteiger partial charge is 0.257 e. The van der Waals surface area contributed by atoms with E-state index in [0.29, 0.717) is 0 Å². The van der Waals surface area contributed by atoms with Gasteiger partial charge in [0.1, 0.15) is 0 Å². The van der Waals surface area contributed by atoms with Crippen molar-refractivity contribution < 1.29 is 18.4 Å². The Labute approximate surface area is 131 Å². The number of hydrogen-bond donors (Lipinski definition) is 2. The number of carbonyl (C=O) groups excluding carboxylic acids is 2. The standard InChI is InChI=1S/C16H13F2N3O2/c1-2-5-20-15(22)10-6-11(9-19-8-10)16(23)21-12-3-4-13(17)14(18)7-12/h2-4,6-9H,1,5H2,(H,20,22)(H,21,23). The summed E-state index contributed by atoms with van der Waals surface area (Å²) in [5.41, 5.74) is 0.404.